The second-order valence-electron chi connectivity index (χ2n) is 7.71. The first-order valence-electron chi connectivity index (χ1n) is 10.4. The lowest BCUT2D eigenvalue weighted by atomic mass is 9.97. The van der Waals surface area contributed by atoms with E-state index in [9.17, 15) is 18.0 Å². The lowest BCUT2D eigenvalue weighted by molar-refractivity contribution is -0.120. The first kappa shape index (κ1) is 22.5. The molecule has 1 saturated heterocycles. The monoisotopic (exact) mass is 469 g/mol. The molecule has 0 saturated carbocycles. The van der Waals surface area contributed by atoms with E-state index in [1.807, 2.05) is 27.8 Å². The molecule has 2 aromatic heterocycles. The Labute approximate surface area is 191 Å². The number of furan rings is 1. The second kappa shape index (κ2) is 9.41. The van der Waals surface area contributed by atoms with Gasteiger partial charge in [0.1, 0.15) is 5.69 Å². The van der Waals surface area contributed by atoms with Crippen molar-refractivity contribution >= 4 is 33.3 Å². The Bertz CT molecular complexity index is 1230. The number of carbonyl (C=O) groups is 2. The highest BCUT2D eigenvalue weighted by molar-refractivity contribution is 7.90. The molecule has 1 aromatic carbocycles. The lowest BCUT2D eigenvalue weighted by Gasteiger charge is -2.32. The van der Waals surface area contributed by atoms with E-state index < -0.39 is 15.9 Å². The molecule has 1 unspecified atom stereocenters. The molecule has 172 valence electrons. The van der Waals surface area contributed by atoms with Crippen molar-refractivity contribution in [1.29, 1.82) is 0 Å². The van der Waals surface area contributed by atoms with Crippen molar-refractivity contribution in [2.45, 2.75) is 24.7 Å². The molecule has 0 spiro atoms. The first-order chi connectivity index (χ1) is 15.8. The number of piperidine rings is 1. The van der Waals surface area contributed by atoms with E-state index >= 15 is 0 Å². The van der Waals surface area contributed by atoms with E-state index in [4.69, 9.17) is 4.42 Å². The zero-order chi connectivity index (χ0) is 23.4. The van der Waals surface area contributed by atoms with Gasteiger partial charge in [0, 0.05) is 25.7 Å². The number of amides is 2. The average molecular weight is 470 g/mol. The van der Waals surface area contributed by atoms with Crippen LogP contribution in [-0.2, 0) is 19.6 Å². The summed E-state index contributed by atoms with van der Waals surface area (Å²) < 4.78 is 31.3. The van der Waals surface area contributed by atoms with Crippen LogP contribution < -0.4 is 14.9 Å². The topological polar surface area (TPSA) is 134 Å². The molecule has 0 aliphatic carbocycles. The summed E-state index contributed by atoms with van der Waals surface area (Å²) in [5.41, 5.74) is 1.11. The molecular weight excluding hydrogens is 446 g/mol. The number of nitrogens with zero attached hydrogens (tertiary/aromatic N) is 3. The molecule has 1 fully saturated rings. The molecule has 2 amide bonds. The van der Waals surface area contributed by atoms with E-state index in [0.717, 1.165) is 26.3 Å². The Morgan fingerprint density at radius 2 is 1.88 bits per heavy atom. The summed E-state index contributed by atoms with van der Waals surface area (Å²) in [5.74, 6) is 0.246. The van der Waals surface area contributed by atoms with Gasteiger partial charge in [0.05, 0.1) is 17.1 Å². The summed E-state index contributed by atoms with van der Waals surface area (Å²) in [4.78, 5) is 25.8. The number of aromatic nitrogens is 2. The van der Waals surface area contributed by atoms with E-state index in [1.165, 1.54) is 24.3 Å². The maximum absolute atomic E-state index is 12.8. The smallest absolute Gasteiger partial charge is 0.264 e. The Morgan fingerprint density at radius 1 is 1.09 bits per heavy atom. The zero-order valence-electron chi connectivity index (χ0n) is 17.9. The molecule has 11 heteroatoms. The van der Waals surface area contributed by atoms with Gasteiger partial charge in [-0.1, -0.05) is 0 Å². The summed E-state index contributed by atoms with van der Waals surface area (Å²) >= 11 is 0. The van der Waals surface area contributed by atoms with E-state index in [-0.39, 0.29) is 16.7 Å². The van der Waals surface area contributed by atoms with Gasteiger partial charge >= 0.3 is 0 Å². The molecule has 3 heterocycles. The van der Waals surface area contributed by atoms with Crippen LogP contribution in [-0.4, -0.2) is 43.5 Å². The third kappa shape index (κ3) is 5.37. The first-order valence-corrected chi connectivity index (χ1v) is 11.9. The van der Waals surface area contributed by atoms with Gasteiger partial charge in [0.25, 0.3) is 10.0 Å². The summed E-state index contributed by atoms with van der Waals surface area (Å²) in [6, 6.07) is 13.0. The molecular formula is C22H23N5O5S. The van der Waals surface area contributed by atoms with Crippen LogP contribution in [0.25, 0.3) is 11.5 Å². The van der Waals surface area contributed by atoms with Crippen molar-refractivity contribution in [1.82, 2.24) is 14.9 Å². The van der Waals surface area contributed by atoms with Crippen molar-refractivity contribution in [3.8, 4) is 11.5 Å². The molecule has 1 atom stereocenters. The highest BCUT2D eigenvalue weighted by atomic mass is 32.2. The molecule has 33 heavy (non-hydrogen) atoms. The highest BCUT2D eigenvalue weighted by Gasteiger charge is 2.27. The molecule has 1 aliphatic rings. The van der Waals surface area contributed by atoms with Crippen LogP contribution in [0.5, 0.6) is 0 Å². The predicted octanol–water partition coefficient (Wildman–Crippen LogP) is 2.42. The third-order valence-corrected chi connectivity index (χ3v) is 6.70. The van der Waals surface area contributed by atoms with Gasteiger partial charge in [-0.2, -0.15) is 0 Å². The van der Waals surface area contributed by atoms with Gasteiger partial charge in [-0.3, -0.25) is 9.59 Å². The largest absolute Gasteiger partial charge is 0.463 e. The van der Waals surface area contributed by atoms with Gasteiger partial charge < -0.3 is 14.6 Å². The number of nitrogens with one attached hydrogen (secondary N) is 2. The van der Waals surface area contributed by atoms with E-state index in [1.54, 1.807) is 12.3 Å². The minimum absolute atomic E-state index is 0.0592. The van der Waals surface area contributed by atoms with Gasteiger partial charge in [-0.25, -0.2) is 13.1 Å². The van der Waals surface area contributed by atoms with Crippen LogP contribution in [0.3, 0.4) is 0 Å². The minimum atomic E-state index is -3.92. The van der Waals surface area contributed by atoms with Gasteiger partial charge in [-0.15, -0.1) is 10.2 Å². The predicted molar refractivity (Wildman–Crippen MR) is 121 cm³/mol. The fourth-order valence-electron chi connectivity index (χ4n) is 3.66. The van der Waals surface area contributed by atoms with E-state index in [0.29, 0.717) is 29.5 Å². The van der Waals surface area contributed by atoms with Gasteiger partial charge in [0.15, 0.2) is 11.6 Å². The number of sulfonamides is 1. The number of rotatable bonds is 6. The maximum atomic E-state index is 12.8. The molecule has 1 aliphatic heterocycles. The van der Waals surface area contributed by atoms with Crippen LogP contribution >= 0.6 is 0 Å². The molecule has 2 N–H and O–H groups in total. The Kier molecular flexibility index (Phi) is 6.40. The zero-order valence-corrected chi connectivity index (χ0v) is 18.7. The second-order valence-corrected chi connectivity index (χ2v) is 9.40. The van der Waals surface area contributed by atoms with Crippen LogP contribution in [0.15, 0.2) is 64.1 Å². The summed E-state index contributed by atoms with van der Waals surface area (Å²) in [6.07, 6.45) is 3.14. The number of carbonyl (C=O) groups excluding carboxylic acids is 2. The summed E-state index contributed by atoms with van der Waals surface area (Å²) in [6.45, 7) is 2.39. The Hall–Kier alpha value is -3.73. The number of hydrogen-bond donors (Lipinski definition) is 2. The minimum Gasteiger partial charge on any atom is -0.463 e. The van der Waals surface area contributed by atoms with E-state index in [2.05, 4.69) is 15.5 Å². The molecule has 0 radical (unpaired) electrons. The molecule has 10 nitrogen and oxygen atoms in total. The maximum Gasteiger partial charge on any atom is 0.264 e. The molecule has 3 aromatic rings. The average Bonchev–Trinajstić information content (AvgIpc) is 3.34. The quantitative estimate of drug-likeness (QED) is 0.562. The van der Waals surface area contributed by atoms with Crippen molar-refractivity contribution < 1.29 is 22.4 Å². The van der Waals surface area contributed by atoms with Crippen LogP contribution in [0.4, 0.5) is 11.5 Å². The summed E-state index contributed by atoms with van der Waals surface area (Å²) in [7, 11) is -3.92. The molecule has 0 bridgehead atoms. The SMILES string of the molecule is CC(=O)NS(=O)(=O)c1ccc(NC(=O)C2CCCN(c3ccc(-c4ccco4)nn3)C2)cc1. The summed E-state index contributed by atoms with van der Waals surface area (Å²) in [5, 5.41) is 11.3. The van der Waals surface area contributed by atoms with Crippen molar-refractivity contribution in [2.75, 3.05) is 23.3 Å². The van der Waals surface area contributed by atoms with Crippen molar-refractivity contribution in [2.24, 2.45) is 5.92 Å². The van der Waals surface area contributed by atoms with Crippen LogP contribution in [0, 0.1) is 5.92 Å². The van der Waals surface area contributed by atoms with Crippen LogP contribution in [0.1, 0.15) is 19.8 Å². The van der Waals surface area contributed by atoms with Crippen molar-refractivity contribution in [3.05, 3.63) is 54.8 Å². The third-order valence-electron chi connectivity index (χ3n) is 5.25. The van der Waals surface area contributed by atoms with Gasteiger partial charge in [-0.05, 0) is 61.4 Å². The normalized spacial score (nSPS) is 16.3. The van der Waals surface area contributed by atoms with Crippen LogP contribution in [0.2, 0.25) is 0 Å². The number of benzene rings is 1. The van der Waals surface area contributed by atoms with Gasteiger partial charge in [0.2, 0.25) is 11.8 Å². The lowest BCUT2D eigenvalue weighted by Crippen LogP contribution is -2.41. The molecule has 4 rings (SSSR count). The Morgan fingerprint density at radius 3 is 2.52 bits per heavy atom. The Balaban J connectivity index is 1.38. The standard InChI is InChI=1S/C22H23N5O5S/c1-15(28)26-33(30,31)18-8-6-17(7-9-18)23-22(29)16-4-2-12-27(14-16)21-11-10-19(24-25-21)20-5-3-13-32-20/h3,5-11,13,16H,2,4,12,14H2,1H3,(H,23,29)(H,26,28). The fraction of sp³-hybridized carbons (Fsp3) is 0.273. The number of hydrogen-bond acceptors (Lipinski definition) is 8. The highest BCUT2D eigenvalue weighted by Crippen LogP contribution is 2.25. The number of anilines is 2. The fourth-order valence-corrected chi connectivity index (χ4v) is 4.65. The van der Waals surface area contributed by atoms with Crippen molar-refractivity contribution in [3.63, 3.8) is 0 Å².